The molecule has 0 aromatic rings. The van der Waals surface area contributed by atoms with Gasteiger partial charge in [-0.3, -0.25) is 0 Å². The van der Waals surface area contributed by atoms with E-state index in [1.165, 1.54) is 24.8 Å². The van der Waals surface area contributed by atoms with Crippen LogP contribution in [-0.4, -0.2) is 61.1 Å². The normalized spacial score (nSPS) is 30.1. The molecular formula is C23H42N2O2. The van der Waals surface area contributed by atoms with Crippen LogP contribution in [0.1, 0.15) is 52.4 Å². The molecule has 2 rings (SSSR count). The summed E-state index contributed by atoms with van der Waals surface area (Å²) in [5.41, 5.74) is 1.49. The average Bonchev–Trinajstić information content (AvgIpc) is 3.11. The van der Waals surface area contributed by atoms with Crippen molar-refractivity contribution in [2.24, 2.45) is 23.7 Å². The summed E-state index contributed by atoms with van der Waals surface area (Å²) in [4.78, 5) is 2.19. The number of hydrogen-bond acceptors (Lipinski definition) is 4. The number of aliphatic hydroxyl groups is 2. The molecule has 0 radical (unpaired) electrons. The third kappa shape index (κ3) is 7.34. The molecule has 1 fully saturated rings. The number of nitrogens with one attached hydrogen (secondary N) is 1. The Morgan fingerprint density at radius 1 is 1.37 bits per heavy atom. The summed E-state index contributed by atoms with van der Waals surface area (Å²) in [5.74, 6) is 1.75. The number of unbranched alkanes of at least 4 members (excludes halogenated alkanes) is 1. The maximum absolute atomic E-state index is 10.5. The second-order valence-electron chi connectivity index (χ2n) is 9.15. The highest BCUT2D eigenvalue weighted by Gasteiger charge is 2.43. The molecule has 0 bridgehead atoms. The van der Waals surface area contributed by atoms with Crippen LogP contribution in [-0.2, 0) is 0 Å². The van der Waals surface area contributed by atoms with Crippen molar-refractivity contribution in [1.29, 1.82) is 0 Å². The summed E-state index contributed by atoms with van der Waals surface area (Å²) in [6.07, 6.45) is 12.2. The SMILES string of the molecule is CCCC[C@H](C)C[C@H](O)C=C[C@@H]1[C@H]2CC(CNCCN(C)C)=C[C@H]2C[C@H]1O. The third-order valence-corrected chi connectivity index (χ3v) is 6.29. The molecule has 6 atom stereocenters. The van der Waals surface area contributed by atoms with Crippen LogP contribution in [0.25, 0.3) is 0 Å². The molecule has 0 saturated heterocycles. The van der Waals surface area contributed by atoms with E-state index in [1.807, 2.05) is 6.08 Å². The van der Waals surface area contributed by atoms with Crippen LogP contribution < -0.4 is 5.32 Å². The number of fused-ring (bicyclic) bond motifs is 1. The van der Waals surface area contributed by atoms with Gasteiger partial charge in [-0.05, 0) is 51.1 Å². The fourth-order valence-corrected chi connectivity index (χ4v) is 4.71. The molecule has 0 spiro atoms. The van der Waals surface area contributed by atoms with E-state index in [1.54, 1.807) is 0 Å². The molecule has 0 aliphatic heterocycles. The van der Waals surface area contributed by atoms with E-state index in [-0.39, 0.29) is 18.1 Å². The Balaban J connectivity index is 1.78. The van der Waals surface area contributed by atoms with Crippen molar-refractivity contribution in [2.75, 3.05) is 33.7 Å². The number of nitrogens with zero attached hydrogens (tertiary/aromatic N) is 1. The molecular weight excluding hydrogens is 336 g/mol. The number of likely N-dealkylation sites (N-methyl/N-ethyl adjacent to an activating group) is 1. The van der Waals surface area contributed by atoms with Crippen LogP contribution in [0, 0.1) is 23.7 Å². The van der Waals surface area contributed by atoms with Gasteiger partial charge >= 0.3 is 0 Å². The lowest BCUT2D eigenvalue weighted by Gasteiger charge is -2.20. The minimum atomic E-state index is -0.385. The summed E-state index contributed by atoms with van der Waals surface area (Å²) in [6, 6.07) is 0. The van der Waals surface area contributed by atoms with E-state index in [0.29, 0.717) is 17.8 Å². The largest absolute Gasteiger partial charge is 0.392 e. The molecule has 27 heavy (non-hydrogen) atoms. The lowest BCUT2D eigenvalue weighted by Crippen LogP contribution is -2.28. The van der Waals surface area contributed by atoms with Crippen molar-refractivity contribution in [3.8, 4) is 0 Å². The van der Waals surface area contributed by atoms with Gasteiger partial charge in [0, 0.05) is 25.6 Å². The van der Waals surface area contributed by atoms with Gasteiger partial charge in [-0.1, -0.05) is 56.9 Å². The van der Waals surface area contributed by atoms with Crippen LogP contribution in [0.5, 0.6) is 0 Å². The highest BCUT2D eigenvalue weighted by molar-refractivity contribution is 5.21. The topological polar surface area (TPSA) is 55.7 Å². The van der Waals surface area contributed by atoms with Crippen molar-refractivity contribution in [2.45, 2.75) is 64.6 Å². The molecule has 0 aromatic carbocycles. The summed E-state index contributed by atoms with van der Waals surface area (Å²) in [5, 5.41) is 24.4. The van der Waals surface area contributed by atoms with Gasteiger partial charge in [-0.15, -0.1) is 0 Å². The molecule has 4 nitrogen and oxygen atoms in total. The first-order valence-corrected chi connectivity index (χ1v) is 11.0. The fourth-order valence-electron chi connectivity index (χ4n) is 4.71. The predicted octanol–water partition coefficient (Wildman–Crippen LogP) is 3.21. The standard InChI is InChI=1S/C23H42N2O2/c1-5-6-7-17(2)12-20(26)8-9-21-22-14-18(13-19(22)15-23(21)27)16-24-10-11-25(3)4/h8-9,13,17,19-24,26-27H,5-7,10-12,14-16H2,1-4H3/t17-,19-,20+,21+,22-,23+/m0/s1. The maximum Gasteiger partial charge on any atom is 0.0723 e. The fraction of sp³-hybridized carbons (Fsp3) is 0.826. The van der Waals surface area contributed by atoms with Gasteiger partial charge in [-0.25, -0.2) is 0 Å². The van der Waals surface area contributed by atoms with E-state index in [0.717, 1.165) is 38.9 Å². The zero-order valence-electron chi connectivity index (χ0n) is 17.9. The molecule has 4 heteroatoms. The van der Waals surface area contributed by atoms with E-state index in [2.05, 4.69) is 50.3 Å². The van der Waals surface area contributed by atoms with Gasteiger partial charge < -0.3 is 20.4 Å². The van der Waals surface area contributed by atoms with Crippen molar-refractivity contribution in [3.63, 3.8) is 0 Å². The molecule has 2 aliphatic carbocycles. The molecule has 0 unspecified atom stereocenters. The Hall–Kier alpha value is -0.680. The number of hydrogen-bond donors (Lipinski definition) is 3. The van der Waals surface area contributed by atoms with Crippen LogP contribution in [0.4, 0.5) is 0 Å². The number of rotatable bonds is 12. The summed E-state index contributed by atoms with van der Waals surface area (Å²) < 4.78 is 0. The van der Waals surface area contributed by atoms with E-state index in [9.17, 15) is 10.2 Å². The minimum Gasteiger partial charge on any atom is -0.392 e. The quantitative estimate of drug-likeness (QED) is 0.360. The average molecular weight is 379 g/mol. The molecule has 2 aliphatic rings. The van der Waals surface area contributed by atoms with Crippen LogP contribution in [0.15, 0.2) is 23.8 Å². The van der Waals surface area contributed by atoms with Gasteiger partial charge in [-0.2, -0.15) is 0 Å². The lowest BCUT2D eigenvalue weighted by molar-refractivity contribution is 0.139. The first-order chi connectivity index (χ1) is 12.9. The Morgan fingerprint density at radius 2 is 2.15 bits per heavy atom. The van der Waals surface area contributed by atoms with Gasteiger partial charge in [0.2, 0.25) is 0 Å². The first-order valence-electron chi connectivity index (χ1n) is 11.0. The van der Waals surface area contributed by atoms with Gasteiger partial charge in [0.1, 0.15) is 0 Å². The Morgan fingerprint density at radius 3 is 2.85 bits per heavy atom. The maximum atomic E-state index is 10.5. The highest BCUT2D eigenvalue weighted by atomic mass is 16.3. The van der Waals surface area contributed by atoms with Crippen LogP contribution in [0.2, 0.25) is 0 Å². The molecule has 0 amide bonds. The zero-order chi connectivity index (χ0) is 19.8. The second kappa shape index (κ2) is 11.4. The smallest absolute Gasteiger partial charge is 0.0723 e. The molecule has 0 heterocycles. The Bertz CT molecular complexity index is 489. The minimum absolute atomic E-state index is 0.186. The molecule has 156 valence electrons. The monoisotopic (exact) mass is 378 g/mol. The van der Waals surface area contributed by atoms with Gasteiger partial charge in [0.05, 0.1) is 12.2 Å². The van der Waals surface area contributed by atoms with Crippen molar-refractivity contribution in [3.05, 3.63) is 23.8 Å². The first kappa shape index (κ1) is 22.6. The van der Waals surface area contributed by atoms with E-state index >= 15 is 0 Å². The Kier molecular flexibility index (Phi) is 9.51. The summed E-state index contributed by atoms with van der Waals surface area (Å²) in [7, 11) is 4.19. The third-order valence-electron chi connectivity index (χ3n) is 6.29. The van der Waals surface area contributed by atoms with Crippen molar-refractivity contribution < 1.29 is 10.2 Å². The molecule has 0 aromatic heterocycles. The lowest BCUT2D eigenvalue weighted by atomic mass is 9.88. The summed E-state index contributed by atoms with van der Waals surface area (Å²) in [6.45, 7) is 7.46. The van der Waals surface area contributed by atoms with Crippen molar-refractivity contribution in [1.82, 2.24) is 10.2 Å². The molecule has 3 N–H and O–H groups in total. The Labute approximate surface area is 166 Å². The predicted molar refractivity (Wildman–Crippen MR) is 114 cm³/mol. The zero-order valence-corrected chi connectivity index (χ0v) is 17.9. The van der Waals surface area contributed by atoms with Crippen LogP contribution >= 0.6 is 0 Å². The van der Waals surface area contributed by atoms with Crippen LogP contribution in [0.3, 0.4) is 0 Å². The number of allylic oxidation sites excluding steroid dienone is 1. The summed E-state index contributed by atoms with van der Waals surface area (Å²) >= 11 is 0. The van der Waals surface area contributed by atoms with Crippen molar-refractivity contribution >= 4 is 0 Å². The van der Waals surface area contributed by atoms with Gasteiger partial charge in [0.15, 0.2) is 0 Å². The highest BCUT2D eigenvalue weighted by Crippen LogP contribution is 2.47. The van der Waals surface area contributed by atoms with E-state index in [4.69, 9.17) is 0 Å². The second-order valence-corrected chi connectivity index (χ2v) is 9.15. The van der Waals surface area contributed by atoms with Gasteiger partial charge in [0.25, 0.3) is 0 Å². The van der Waals surface area contributed by atoms with E-state index < -0.39 is 0 Å². The molecule has 1 saturated carbocycles. The number of aliphatic hydroxyl groups excluding tert-OH is 2.